The van der Waals surface area contributed by atoms with Gasteiger partial charge in [0.1, 0.15) is 11.3 Å². The van der Waals surface area contributed by atoms with Gasteiger partial charge in [0.2, 0.25) is 0 Å². The Hall–Kier alpha value is -1.62. The van der Waals surface area contributed by atoms with Gasteiger partial charge >= 0.3 is 0 Å². The minimum absolute atomic E-state index is 0.448. The van der Waals surface area contributed by atoms with Gasteiger partial charge in [-0.05, 0) is 6.42 Å². The van der Waals surface area contributed by atoms with Crippen LogP contribution in [-0.2, 0) is 0 Å². The fraction of sp³-hybridized carbons (Fsp3) is 0.364. The number of hydrogen-bond donors (Lipinski definition) is 0. The molecule has 1 atom stereocenters. The second-order valence-corrected chi connectivity index (χ2v) is 4.50. The van der Waals surface area contributed by atoms with Crippen LogP contribution in [0.4, 0.5) is 5.82 Å². The van der Waals surface area contributed by atoms with Crippen molar-refractivity contribution in [3.63, 3.8) is 0 Å². The van der Waals surface area contributed by atoms with Gasteiger partial charge in [0.05, 0.1) is 18.6 Å². The van der Waals surface area contributed by atoms with E-state index >= 15 is 0 Å². The molecule has 2 aromatic rings. The lowest BCUT2D eigenvalue weighted by Crippen LogP contribution is -2.22. The van der Waals surface area contributed by atoms with Crippen molar-refractivity contribution in [3.05, 3.63) is 36.3 Å². The standard InChI is InChI=1S/C11H12ClN5/c12-10-5-14-7-15-11(10)16-3-1-9(6-16)17-4-2-13-8-17/h2,4-5,7-9H,1,3,6H2. The first-order chi connectivity index (χ1) is 8.34. The highest BCUT2D eigenvalue weighted by Gasteiger charge is 2.25. The Morgan fingerprint density at radius 2 is 2.29 bits per heavy atom. The second-order valence-electron chi connectivity index (χ2n) is 4.09. The third kappa shape index (κ3) is 1.98. The van der Waals surface area contributed by atoms with E-state index in [-0.39, 0.29) is 0 Å². The molecule has 1 unspecified atom stereocenters. The minimum Gasteiger partial charge on any atom is -0.353 e. The maximum Gasteiger partial charge on any atom is 0.150 e. The molecule has 0 saturated carbocycles. The highest BCUT2D eigenvalue weighted by Crippen LogP contribution is 2.29. The lowest BCUT2D eigenvalue weighted by Gasteiger charge is -2.18. The van der Waals surface area contributed by atoms with Gasteiger partial charge in [-0.1, -0.05) is 11.6 Å². The van der Waals surface area contributed by atoms with Gasteiger partial charge in [-0.25, -0.2) is 15.0 Å². The van der Waals surface area contributed by atoms with Crippen molar-refractivity contribution in [2.45, 2.75) is 12.5 Å². The maximum absolute atomic E-state index is 6.09. The molecule has 1 saturated heterocycles. The number of hydrogen-bond acceptors (Lipinski definition) is 4. The number of rotatable bonds is 2. The molecular weight excluding hydrogens is 238 g/mol. The molecule has 0 aliphatic carbocycles. The summed E-state index contributed by atoms with van der Waals surface area (Å²) in [5, 5.41) is 0.610. The molecule has 2 aromatic heterocycles. The lowest BCUT2D eigenvalue weighted by molar-refractivity contribution is 0.551. The van der Waals surface area contributed by atoms with Crippen LogP contribution in [0.15, 0.2) is 31.2 Å². The summed E-state index contributed by atoms with van der Waals surface area (Å²) in [7, 11) is 0. The monoisotopic (exact) mass is 249 g/mol. The van der Waals surface area contributed by atoms with Crippen molar-refractivity contribution < 1.29 is 0 Å². The van der Waals surface area contributed by atoms with Gasteiger partial charge in [-0.2, -0.15) is 0 Å². The number of imidazole rings is 1. The molecule has 0 radical (unpaired) electrons. The van der Waals surface area contributed by atoms with Crippen LogP contribution in [0, 0.1) is 0 Å². The predicted molar refractivity (Wildman–Crippen MR) is 65.1 cm³/mol. The predicted octanol–water partition coefficient (Wildman–Crippen LogP) is 1.78. The zero-order valence-electron chi connectivity index (χ0n) is 9.20. The van der Waals surface area contributed by atoms with Crippen LogP contribution >= 0.6 is 11.6 Å². The summed E-state index contributed by atoms with van der Waals surface area (Å²) in [5.74, 6) is 0.823. The van der Waals surface area contributed by atoms with Gasteiger partial charge in [0.25, 0.3) is 0 Å². The Morgan fingerprint density at radius 3 is 3.06 bits per heavy atom. The van der Waals surface area contributed by atoms with Gasteiger partial charge in [-0.15, -0.1) is 0 Å². The summed E-state index contributed by atoms with van der Waals surface area (Å²) >= 11 is 6.09. The van der Waals surface area contributed by atoms with Crippen molar-refractivity contribution >= 4 is 17.4 Å². The number of aromatic nitrogens is 4. The molecule has 3 heterocycles. The number of anilines is 1. The van der Waals surface area contributed by atoms with Crippen molar-refractivity contribution in [2.75, 3.05) is 18.0 Å². The van der Waals surface area contributed by atoms with Crippen LogP contribution in [0.3, 0.4) is 0 Å². The molecule has 1 fully saturated rings. The average Bonchev–Trinajstić information content (AvgIpc) is 3.00. The molecule has 3 rings (SSSR count). The summed E-state index contributed by atoms with van der Waals surface area (Å²) in [6.45, 7) is 1.87. The lowest BCUT2D eigenvalue weighted by atomic mass is 10.3. The number of halogens is 1. The van der Waals surface area contributed by atoms with Crippen molar-refractivity contribution in [3.8, 4) is 0 Å². The van der Waals surface area contributed by atoms with Crippen molar-refractivity contribution in [2.24, 2.45) is 0 Å². The smallest absolute Gasteiger partial charge is 0.150 e. The zero-order chi connectivity index (χ0) is 11.7. The summed E-state index contributed by atoms with van der Waals surface area (Å²) in [5.41, 5.74) is 0. The molecule has 0 amide bonds. The van der Waals surface area contributed by atoms with Crippen molar-refractivity contribution in [1.82, 2.24) is 19.5 Å². The molecule has 0 spiro atoms. The average molecular weight is 250 g/mol. The van der Waals surface area contributed by atoms with E-state index in [1.807, 2.05) is 12.5 Å². The summed E-state index contributed by atoms with van der Waals surface area (Å²) < 4.78 is 2.13. The molecule has 1 aliphatic rings. The highest BCUT2D eigenvalue weighted by molar-refractivity contribution is 6.32. The fourth-order valence-corrected chi connectivity index (χ4v) is 2.43. The SMILES string of the molecule is Clc1cncnc1N1CCC(n2ccnc2)C1. The van der Waals surface area contributed by atoms with Crippen LogP contribution in [-0.4, -0.2) is 32.6 Å². The summed E-state index contributed by atoms with van der Waals surface area (Å²) in [4.78, 5) is 14.4. The number of nitrogens with zero attached hydrogens (tertiary/aromatic N) is 5. The molecule has 0 aromatic carbocycles. The van der Waals surface area contributed by atoms with E-state index in [9.17, 15) is 0 Å². The quantitative estimate of drug-likeness (QED) is 0.814. The van der Waals surface area contributed by atoms with E-state index in [4.69, 9.17) is 11.6 Å². The first-order valence-electron chi connectivity index (χ1n) is 5.52. The molecule has 0 bridgehead atoms. The van der Waals surface area contributed by atoms with Crippen LogP contribution in [0.25, 0.3) is 0 Å². The van der Waals surface area contributed by atoms with Gasteiger partial charge in [0.15, 0.2) is 5.82 Å². The third-order valence-corrected chi connectivity index (χ3v) is 3.32. The Bertz CT molecular complexity index is 498. The molecule has 0 N–H and O–H groups in total. The van der Waals surface area contributed by atoms with E-state index in [0.29, 0.717) is 11.1 Å². The maximum atomic E-state index is 6.09. The van der Waals surface area contributed by atoms with Crippen LogP contribution in [0.2, 0.25) is 5.02 Å². The van der Waals surface area contributed by atoms with Gasteiger partial charge in [-0.3, -0.25) is 0 Å². The van der Waals surface area contributed by atoms with Crippen LogP contribution in [0.1, 0.15) is 12.5 Å². The summed E-state index contributed by atoms with van der Waals surface area (Å²) in [6, 6.07) is 0.448. The summed E-state index contributed by atoms with van der Waals surface area (Å²) in [6.07, 6.45) is 9.91. The topological polar surface area (TPSA) is 46.8 Å². The molecule has 6 heteroatoms. The molecule has 5 nitrogen and oxygen atoms in total. The molecule has 1 aliphatic heterocycles. The normalized spacial score (nSPS) is 19.8. The second kappa shape index (κ2) is 4.33. The van der Waals surface area contributed by atoms with Crippen molar-refractivity contribution in [1.29, 1.82) is 0 Å². The minimum atomic E-state index is 0.448. The third-order valence-electron chi connectivity index (χ3n) is 3.06. The Balaban J connectivity index is 1.79. The highest BCUT2D eigenvalue weighted by atomic mass is 35.5. The molecular formula is C11H12ClN5. The largest absolute Gasteiger partial charge is 0.353 e. The van der Waals surface area contributed by atoms with E-state index in [1.165, 1.54) is 6.33 Å². The Labute approximate surface area is 104 Å². The van der Waals surface area contributed by atoms with Crippen LogP contribution in [0.5, 0.6) is 0 Å². The first-order valence-corrected chi connectivity index (χ1v) is 5.90. The molecule has 88 valence electrons. The Kier molecular flexibility index (Phi) is 2.68. The van der Waals surface area contributed by atoms with E-state index < -0.39 is 0 Å². The van der Waals surface area contributed by atoms with E-state index in [2.05, 4.69) is 24.4 Å². The zero-order valence-corrected chi connectivity index (χ0v) is 9.96. The van der Waals surface area contributed by atoms with Crippen LogP contribution < -0.4 is 4.90 Å². The first kappa shape index (κ1) is 10.5. The molecule has 17 heavy (non-hydrogen) atoms. The van der Waals surface area contributed by atoms with E-state index in [1.54, 1.807) is 12.4 Å². The Morgan fingerprint density at radius 1 is 1.35 bits per heavy atom. The van der Waals surface area contributed by atoms with Gasteiger partial charge in [0, 0.05) is 25.5 Å². The fourth-order valence-electron chi connectivity index (χ4n) is 2.20. The van der Waals surface area contributed by atoms with E-state index in [0.717, 1.165) is 25.3 Å². The van der Waals surface area contributed by atoms with Gasteiger partial charge < -0.3 is 9.47 Å².